The van der Waals surface area contributed by atoms with Crippen molar-refractivity contribution in [1.82, 2.24) is 4.90 Å². The van der Waals surface area contributed by atoms with Crippen molar-refractivity contribution in [3.8, 4) is 0 Å². The molecule has 4 nitrogen and oxygen atoms in total. The fraction of sp³-hybridized carbons (Fsp3) is 0.462. The Morgan fingerprint density at radius 2 is 2.17 bits per heavy atom. The molecule has 18 heavy (non-hydrogen) atoms. The van der Waals surface area contributed by atoms with E-state index in [0.717, 1.165) is 10.0 Å². The predicted molar refractivity (Wildman–Crippen MR) is 73.5 cm³/mol. The number of likely N-dealkylation sites (N-methyl/N-ethyl adjacent to an activating group) is 1. The van der Waals surface area contributed by atoms with Crippen LogP contribution in [0.4, 0.5) is 0 Å². The zero-order valence-electron chi connectivity index (χ0n) is 10.6. The SMILES string of the molecule is CCOC(CN(C)Cc1ccccc1Br)C(=O)O. The Hall–Kier alpha value is -0.910. The molecule has 1 rings (SSSR count). The molecule has 0 aromatic heterocycles. The van der Waals surface area contributed by atoms with Crippen LogP contribution in [0.3, 0.4) is 0 Å². The van der Waals surface area contributed by atoms with Crippen molar-refractivity contribution < 1.29 is 14.6 Å². The highest BCUT2D eigenvalue weighted by atomic mass is 79.9. The maximum atomic E-state index is 11.0. The Morgan fingerprint density at radius 3 is 2.72 bits per heavy atom. The lowest BCUT2D eigenvalue weighted by atomic mass is 10.2. The summed E-state index contributed by atoms with van der Waals surface area (Å²) in [6.45, 7) is 3.24. The average Bonchev–Trinajstić information content (AvgIpc) is 2.31. The molecule has 1 N–H and O–H groups in total. The van der Waals surface area contributed by atoms with E-state index in [1.54, 1.807) is 6.92 Å². The molecule has 0 saturated carbocycles. The number of benzene rings is 1. The minimum absolute atomic E-state index is 0.366. The molecule has 0 aliphatic heterocycles. The Kier molecular flexibility index (Phi) is 6.32. The Morgan fingerprint density at radius 1 is 1.50 bits per heavy atom. The second-order valence-electron chi connectivity index (χ2n) is 4.07. The van der Waals surface area contributed by atoms with Gasteiger partial charge in [0.25, 0.3) is 0 Å². The molecule has 0 bridgehead atoms. The number of carboxylic acids is 1. The molecule has 0 saturated heterocycles. The van der Waals surface area contributed by atoms with Crippen LogP contribution in [-0.4, -0.2) is 42.3 Å². The van der Waals surface area contributed by atoms with Crippen LogP contribution >= 0.6 is 15.9 Å². The lowest BCUT2D eigenvalue weighted by Crippen LogP contribution is -2.36. The molecule has 1 atom stereocenters. The highest BCUT2D eigenvalue weighted by Crippen LogP contribution is 2.17. The van der Waals surface area contributed by atoms with E-state index in [4.69, 9.17) is 9.84 Å². The standard InChI is InChI=1S/C13H18BrNO3/c1-3-18-12(13(16)17)9-15(2)8-10-6-4-5-7-11(10)14/h4-7,12H,3,8-9H2,1-2H3,(H,16,17). The van der Waals surface area contributed by atoms with E-state index in [1.165, 1.54) is 0 Å². The Balaban J connectivity index is 2.57. The first kappa shape index (κ1) is 15.1. The number of hydrogen-bond donors (Lipinski definition) is 1. The van der Waals surface area contributed by atoms with Crippen molar-refractivity contribution in [2.24, 2.45) is 0 Å². The van der Waals surface area contributed by atoms with E-state index in [-0.39, 0.29) is 0 Å². The van der Waals surface area contributed by atoms with Crippen molar-refractivity contribution in [1.29, 1.82) is 0 Å². The van der Waals surface area contributed by atoms with E-state index in [9.17, 15) is 4.79 Å². The van der Waals surface area contributed by atoms with Gasteiger partial charge in [0.15, 0.2) is 6.10 Å². The molecule has 0 fully saturated rings. The van der Waals surface area contributed by atoms with Gasteiger partial charge in [0, 0.05) is 24.2 Å². The number of carboxylic acid groups (broad SMARTS) is 1. The lowest BCUT2D eigenvalue weighted by Gasteiger charge is -2.21. The second-order valence-corrected chi connectivity index (χ2v) is 4.92. The number of hydrogen-bond acceptors (Lipinski definition) is 3. The highest BCUT2D eigenvalue weighted by molar-refractivity contribution is 9.10. The van der Waals surface area contributed by atoms with Gasteiger partial charge in [0.2, 0.25) is 0 Å². The number of ether oxygens (including phenoxy) is 1. The number of carbonyl (C=O) groups is 1. The van der Waals surface area contributed by atoms with Gasteiger partial charge in [-0.15, -0.1) is 0 Å². The van der Waals surface area contributed by atoms with E-state index >= 15 is 0 Å². The fourth-order valence-corrected chi connectivity index (χ4v) is 2.08. The third-order valence-electron chi connectivity index (χ3n) is 2.52. The maximum Gasteiger partial charge on any atom is 0.334 e. The summed E-state index contributed by atoms with van der Waals surface area (Å²) in [5, 5.41) is 9.01. The summed E-state index contributed by atoms with van der Waals surface area (Å²) in [4.78, 5) is 12.9. The third kappa shape index (κ3) is 4.76. The lowest BCUT2D eigenvalue weighted by molar-refractivity contribution is -0.151. The molecule has 1 aromatic carbocycles. The molecular weight excluding hydrogens is 298 g/mol. The summed E-state index contributed by atoms with van der Waals surface area (Å²) in [7, 11) is 1.88. The minimum Gasteiger partial charge on any atom is -0.479 e. The molecule has 5 heteroatoms. The summed E-state index contributed by atoms with van der Waals surface area (Å²) >= 11 is 3.48. The van der Waals surface area contributed by atoms with Crippen molar-refractivity contribution in [2.75, 3.05) is 20.2 Å². The number of rotatable bonds is 7. The Labute approximate surface area is 116 Å². The quantitative estimate of drug-likeness (QED) is 0.839. The van der Waals surface area contributed by atoms with Crippen LogP contribution in [0.15, 0.2) is 28.7 Å². The summed E-state index contributed by atoms with van der Waals surface area (Å²) in [5.41, 5.74) is 1.13. The maximum absolute atomic E-state index is 11.0. The first-order valence-electron chi connectivity index (χ1n) is 5.81. The molecule has 1 unspecified atom stereocenters. The van der Waals surface area contributed by atoms with Gasteiger partial charge in [-0.25, -0.2) is 4.79 Å². The number of halogens is 1. The van der Waals surface area contributed by atoms with Crippen LogP contribution in [0.5, 0.6) is 0 Å². The molecule has 0 aliphatic carbocycles. The summed E-state index contributed by atoms with van der Waals surface area (Å²) in [5.74, 6) is -0.921. The second kappa shape index (κ2) is 7.51. The molecule has 0 radical (unpaired) electrons. The molecule has 100 valence electrons. The molecule has 0 aliphatic rings. The van der Waals surface area contributed by atoms with Crippen LogP contribution in [0.25, 0.3) is 0 Å². The normalized spacial score (nSPS) is 12.7. The van der Waals surface area contributed by atoms with E-state index in [0.29, 0.717) is 19.7 Å². The van der Waals surface area contributed by atoms with Crippen LogP contribution in [-0.2, 0) is 16.1 Å². The zero-order chi connectivity index (χ0) is 13.5. The summed E-state index contributed by atoms with van der Waals surface area (Å²) in [6, 6.07) is 7.90. The number of nitrogens with zero attached hydrogens (tertiary/aromatic N) is 1. The minimum atomic E-state index is -0.921. The van der Waals surface area contributed by atoms with Gasteiger partial charge in [0.1, 0.15) is 0 Å². The monoisotopic (exact) mass is 315 g/mol. The van der Waals surface area contributed by atoms with E-state index in [1.807, 2.05) is 36.2 Å². The van der Waals surface area contributed by atoms with Gasteiger partial charge >= 0.3 is 5.97 Å². The van der Waals surface area contributed by atoms with E-state index < -0.39 is 12.1 Å². The summed E-state index contributed by atoms with van der Waals surface area (Å²) < 4.78 is 6.22. The Bertz CT molecular complexity index is 398. The predicted octanol–water partition coefficient (Wildman–Crippen LogP) is 2.37. The van der Waals surface area contributed by atoms with Crippen molar-refractivity contribution in [3.05, 3.63) is 34.3 Å². The van der Waals surface area contributed by atoms with Gasteiger partial charge in [0.05, 0.1) is 0 Å². The molecular formula is C13H18BrNO3. The van der Waals surface area contributed by atoms with Crippen LogP contribution in [0, 0.1) is 0 Å². The fourth-order valence-electron chi connectivity index (χ4n) is 1.67. The summed E-state index contributed by atoms with van der Waals surface area (Å²) in [6.07, 6.45) is -0.775. The molecule has 0 heterocycles. The van der Waals surface area contributed by atoms with Crippen molar-refractivity contribution >= 4 is 21.9 Å². The van der Waals surface area contributed by atoms with Crippen LogP contribution < -0.4 is 0 Å². The molecule has 0 amide bonds. The molecule has 0 spiro atoms. The highest BCUT2D eigenvalue weighted by Gasteiger charge is 2.19. The van der Waals surface area contributed by atoms with Crippen LogP contribution in [0.1, 0.15) is 12.5 Å². The van der Waals surface area contributed by atoms with Gasteiger partial charge in [-0.2, -0.15) is 0 Å². The van der Waals surface area contributed by atoms with Crippen molar-refractivity contribution in [2.45, 2.75) is 19.6 Å². The van der Waals surface area contributed by atoms with E-state index in [2.05, 4.69) is 15.9 Å². The van der Waals surface area contributed by atoms with Crippen molar-refractivity contribution in [3.63, 3.8) is 0 Å². The van der Waals surface area contributed by atoms with Gasteiger partial charge < -0.3 is 9.84 Å². The zero-order valence-corrected chi connectivity index (χ0v) is 12.2. The first-order valence-corrected chi connectivity index (χ1v) is 6.60. The van der Waals surface area contributed by atoms with Gasteiger partial charge in [-0.05, 0) is 25.6 Å². The third-order valence-corrected chi connectivity index (χ3v) is 3.29. The van der Waals surface area contributed by atoms with Gasteiger partial charge in [-0.3, -0.25) is 4.90 Å². The molecule has 1 aromatic rings. The topological polar surface area (TPSA) is 49.8 Å². The van der Waals surface area contributed by atoms with Gasteiger partial charge in [-0.1, -0.05) is 34.1 Å². The first-order chi connectivity index (χ1) is 8.54. The number of aliphatic carboxylic acids is 1. The largest absolute Gasteiger partial charge is 0.479 e. The smallest absolute Gasteiger partial charge is 0.334 e. The average molecular weight is 316 g/mol. The van der Waals surface area contributed by atoms with Crippen LogP contribution in [0.2, 0.25) is 0 Å².